The number of hydrogen-bond acceptors (Lipinski definition) is 3. The molecule has 4 nitrogen and oxygen atoms in total. The third-order valence-corrected chi connectivity index (χ3v) is 4.49. The quantitative estimate of drug-likeness (QED) is 0.850. The van der Waals surface area contributed by atoms with E-state index >= 15 is 0 Å². The first-order valence-corrected chi connectivity index (χ1v) is 7.99. The predicted molar refractivity (Wildman–Crippen MR) is 86.5 cm³/mol. The standard InChI is InChI=1S/C17H26N4/c1-17(2,3)16-19-14-9-7-10-18-15(14)21(16)12-13-8-5-6-11-20(13)4/h7,9-10,13H,5-6,8,11-12H2,1-4H3. The third-order valence-electron chi connectivity index (χ3n) is 4.49. The van der Waals surface area contributed by atoms with Crippen LogP contribution in [0.4, 0.5) is 0 Å². The van der Waals surface area contributed by atoms with Crippen LogP contribution in [0.2, 0.25) is 0 Å². The Labute approximate surface area is 127 Å². The molecule has 0 aromatic carbocycles. The van der Waals surface area contributed by atoms with Gasteiger partial charge in [-0.25, -0.2) is 9.97 Å². The van der Waals surface area contributed by atoms with E-state index in [9.17, 15) is 0 Å². The highest BCUT2D eigenvalue weighted by atomic mass is 15.2. The molecule has 1 saturated heterocycles. The maximum Gasteiger partial charge on any atom is 0.160 e. The minimum Gasteiger partial charge on any atom is -0.311 e. The Balaban J connectivity index is 2.03. The summed E-state index contributed by atoms with van der Waals surface area (Å²) in [5.41, 5.74) is 2.08. The molecule has 0 N–H and O–H groups in total. The lowest BCUT2D eigenvalue weighted by Crippen LogP contribution is -2.40. The van der Waals surface area contributed by atoms with Crippen molar-refractivity contribution in [3.05, 3.63) is 24.2 Å². The van der Waals surface area contributed by atoms with Gasteiger partial charge in [-0.15, -0.1) is 0 Å². The van der Waals surface area contributed by atoms with E-state index in [2.05, 4.69) is 48.3 Å². The van der Waals surface area contributed by atoms with Gasteiger partial charge < -0.3 is 9.47 Å². The Morgan fingerprint density at radius 3 is 2.81 bits per heavy atom. The summed E-state index contributed by atoms with van der Waals surface area (Å²) >= 11 is 0. The minimum atomic E-state index is 0.0357. The highest BCUT2D eigenvalue weighted by molar-refractivity contribution is 5.71. The van der Waals surface area contributed by atoms with Gasteiger partial charge in [0.2, 0.25) is 0 Å². The summed E-state index contributed by atoms with van der Waals surface area (Å²) < 4.78 is 2.35. The van der Waals surface area contributed by atoms with Crippen molar-refractivity contribution in [2.45, 2.75) is 58.0 Å². The first-order chi connectivity index (χ1) is 9.97. The van der Waals surface area contributed by atoms with Crippen molar-refractivity contribution in [3.63, 3.8) is 0 Å². The predicted octanol–water partition coefficient (Wildman–Crippen LogP) is 3.21. The Hall–Kier alpha value is -1.42. The Bertz CT molecular complexity index is 623. The van der Waals surface area contributed by atoms with Crippen LogP contribution < -0.4 is 0 Å². The fourth-order valence-electron chi connectivity index (χ4n) is 3.29. The summed E-state index contributed by atoms with van der Waals surface area (Å²) in [6.07, 6.45) is 5.80. The maximum atomic E-state index is 4.86. The minimum absolute atomic E-state index is 0.0357. The van der Waals surface area contributed by atoms with Gasteiger partial charge in [0.05, 0.1) is 0 Å². The van der Waals surface area contributed by atoms with Gasteiger partial charge in [-0.05, 0) is 38.6 Å². The first kappa shape index (κ1) is 14.5. The Morgan fingerprint density at radius 2 is 2.10 bits per heavy atom. The number of likely N-dealkylation sites (tertiary alicyclic amines) is 1. The molecule has 0 aliphatic carbocycles. The number of pyridine rings is 1. The van der Waals surface area contributed by atoms with Gasteiger partial charge in [0.1, 0.15) is 11.3 Å². The molecule has 3 rings (SSSR count). The van der Waals surface area contributed by atoms with Crippen molar-refractivity contribution in [1.29, 1.82) is 0 Å². The van der Waals surface area contributed by atoms with Crippen molar-refractivity contribution in [1.82, 2.24) is 19.4 Å². The van der Waals surface area contributed by atoms with E-state index in [1.54, 1.807) is 0 Å². The van der Waals surface area contributed by atoms with Gasteiger partial charge >= 0.3 is 0 Å². The molecule has 0 spiro atoms. The van der Waals surface area contributed by atoms with E-state index < -0.39 is 0 Å². The number of imidazole rings is 1. The van der Waals surface area contributed by atoms with Gasteiger partial charge in [-0.3, -0.25) is 0 Å². The van der Waals surface area contributed by atoms with E-state index in [0.717, 1.165) is 23.5 Å². The topological polar surface area (TPSA) is 34.0 Å². The largest absolute Gasteiger partial charge is 0.311 e. The van der Waals surface area contributed by atoms with Crippen LogP contribution in [-0.2, 0) is 12.0 Å². The molecule has 1 fully saturated rings. The van der Waals surface area contributed by atoms with Crippen molar-refractivity contribution in [3.8, 4) is 0 Å². The van der Waals surface area contributed by atoms with E-state index in [0.29, 0.717) is 6.04 Å². The molecule has 2 aromatic heterocycles. The fourth-order valence-corrected chi connectivity index (χ4v) is 3.29. The highest BCUT2D eigenvalue weighted by Gasteiger charge is 2.27. The molecular formula is C17H26N4. The highest BCUT2D eigenvalue weighted by Crippen LogP contribution is 2.27. The molecule has 1 atom stereocenters. The third kappa shape index (κ3) is 2.82. The molecule has 2 aromatic rings. The number of fused-ring (bicyclic) bond motifs is 1. The summed E-state index contributed by atoms with van der Waals surface area (Å²) in [7, 11) is 2.24. The lowest BCUT2D eigenvalue weighted by atomic mass is 9.95. The van der Waals surface area contributed by atoms with Gasteiger partial charge in [-0.1, -0.05) is 27.2 Å². The van der Waals surface area contributed by atoms with E-state index in [4.69, 9.17) is 4.98 Å². The molecule has 4 heteroatoms. The zero-order valence-corrected chi connectivity index (χ0v) is 13.6. The first-order valence-electron chi connectivity index (χ1n) is 7.99. The monoisotopic (exact) mass is 286 g/mol. The number of piperidine rings is 1. The number of hydrogen-bond donors (Lipinski definition) is 0. The second-order valence-electron chi connectivity index (χ2n) is 7.27. The molecule has 0 bridgehead atoms. The van der Waals surface area contributed by atoms with Crippen LogP contribution in [0.15, 0.2) is 18.3 Å². The van der Waals surface area contributed by atoms with Crippen molar-refractivity contribution in [2.75, 3.05) is 13.6 Å². The molecule has 0 radical (unpaired) electrons. The number of likely N-dealkylation sites (N-methyl/N-ethyl adjacent to an activating group) is 1. The van der Waals surface area contributed by atoms with Crippen LogP contribution in [-0.4, -0.2) is 39.1 Å². The molecule has 3 heterocycles. The normalized spacial score (nSPS) is 21.0. The van der Waals surface area contributed by atoms with Crippen LogP contribution >= 0.6 is 0 Å². The Morgan fingerprint density at radius 1 is 1.29 bits per heavy atom. The summed E-state index contributed by atoms with van der Waals surface area (Å²) in [4.78, 5) is 11.9. The molecule has 1 aliphatic heterocycles. The summed E-state index contributed by atoms with van der Waals surface area (Å²) in [5.74, 6) is 1.15. The van der Waals surface area contributed by atoms with Crippen molar-refractivity contribution in [2.24, 2.45) is 0 Å². The van der Waals surface area contributed by atoms with Crippen LogP contribution in [0.3, 0.4) is 0 Å². The van der Waals surface area contributed by atoms with Gasteiger partial charge in [0.25, 0.3) is 0 Å². The molecule has 0 saturated carbocycles. The number of aromatic nitrogens is 3. The van der Waals surface area contributed by atoms with Crippen LogP contribution in [0.5, 0.6) is 0 Å². The molecule has 1 aliphatic rings. The van der Waals surface area contributed by atoms with Gasteiger partial charge in [-0.2, -0.15) is 0 Å². The van der Waals surface area contributed by atoms with Crippen LogP contribution in [0.25, 0.3) is 11.2 Å². The molecule has 0 amide bonds. The Kier molecular flexibility index (Phi) is 3.74. The SMILES string of the molecule is CN1CCCCC1Cn1c(C(C)(C)C)nc2cccnc21. The van der Waals surface area contributed by atoms with E-state index in [-0.39, 0.29) is 5.41 Å². The zero-order chi connectivity index (χ0) is 15.0. The molecular weight excluding hydrogens is 260 g/mol. The number of nitrogens with zero attached hydrogens (tertiary/aromatic N) is 4. The fraction of sp³-hybridized carbons (Fsp3) is 0.647. The average Bonchev–Trinajstić information content (AvgIpc) is 2.80. The van der Waals surface area contributed by atoms with Crippen LogP contribution in [0, 0.1) is 0 Å². The lowest BCUT2D eigenvalue weighted by Gasteiger charge is -2.33. The summed E-state index contributed by atoms with van der Waals surface area (Å²) in [6, 6.07) is 4.64. The van der Waals surface area contributed by atoms with E-state index in [1.807, 2.05) is 12.3 Å². The van der Waals surface area contributed by atoms with Crippen molar-refractivity contribution >= 4 is 11.2 Å². The van der Waals surface area contributed by atoms with Crippen LogP contribution in [0.1, 0.15) is 45.9 Å². The molecule has 1 unspecified atom stereocenters. The van der Waals surface area contributed by atoms with Crippen molar-refractivity contribution < 1.29 is 0 Å². The molecule has 114 valence electrons. The van der Waals surface area contributed by atoms with E-state index in [1.165, 1.54) is 25.8 Å². The van der Waals surface area contributed by atoms with Gasteiger partial charge in [0, 0.05) is 24.2 Å². The number of rotatable bonds is 2. The zero-order valence-electron chi connectivity index (χ0n) is 13.6. The smallest absolute Gasteiger partial charge is 0.160 e. The van der Waals surface area contributed by atoms with Gasteiger partial charge in [0.15, 0.2) is 5.65 Å². The average molecular weight is 286 g/mol. The summed E-state index contributed by atoms with van der Waals surface area (Å²) in [6.45, 7) is 8.89. The molecule has 21 heavy (non-hydrogen) atoms. The lowest BCUT2D eigenvalue weighted by molar-refractivity contribution is 0.166. The second-order valence-corrected chi connectivity index (χ2v) is 7.27. The summed E-state index contributed by atoms with van der Waals surface area (Å²) in [5, 5.41) is 0. The maximum absolute atomic E-state index is 4.86. The second kappa shape index (κ2) is 5.41.